The third-order valence-electron chi connectivity index (χ3n) is 2.85. The molecule has 2 aromatic carbocycles. The standard InChI is InChI=1S/C17H16BrN3O4/c18-13-3-7-15(8-4-13)25-11-17(23)21-20-9-12-1-5-14(6-2-12)24-10-16(19)22/h1-9H,10-11H2,(H2,19,22)(H,21,23). The number of amides is 2. The second-order valence-electron chi connectivity index (χ2n) is 4.86. The zero-order valence-corrected chi connectivity index (χ0v) is 14.7. The molecule has 0 aliphatic rings. The van der Waals surface area contributed by atoms with E-state index in [1.807, 2.05) is 12.1 Å². The Morgan fingerprint density at radius 2 is 1.56 bits per heavy atom. The van der Waals surface area contributed by atoms with Gasteiger partial charge in [0.25, 0.3) is 11.8 Å². The molecule has 0 heterocycles. The smallest absolute Gasteiger partial charge is 0.277 e. The molecular weight excluding hydrogens is 390 g/mol. The predicted molar refractivity (Wildman–Crippen MR) is 96.5 cm³/mol. The van der Waals surface area contributed by atoms with Crippen LogP contribution in [0.15, 0.2) is 58.1 Å². The Balaban J connectivity index is 1.74. The molecule has 0 aliphatic carbocycles. The Hall–Kier alpha value is -2.87. The average Bonchev–Trinajstić information content (AvgIpc) is 2.60. The maximum atomic E-state index is 11.7. The highest BCUT2D eigenvalue weighted by Crippen LogP contribution is 2.15. The Kier molecular flexibility index (Phi) is 6.97. The summed E-state index contributed by atoms with van der Waals surface area (Å²) in [6, 6.07) is 13.9. The number of hydrogen-bond acceptors (Lipinski definition) is 5. The van der Waals surface area contributed by atoms with Crippen LogP contribution in [0.4, 0.5) is 0 Å². The number of halogens is 1. The van der Waals surface area contributed by atoms with Gasteiger partial charge in [-0.15, -0.1) is 0 Å². The number of hydrazone groups is 1. The van der Waals surface area contributed by atoms with E-state index in [1.54, 1.807) is 36.4 Å². The third-order valence-corrected chi connectivity index (χ3v) is 3.38. The fourth-order valence-corrected chi connectivity index (χ4v) is 1.96. The van der Waals surface area contributed by atoms with Crippen molar-refractivity contribution in [1.29, 1.82) is 0 Å². The second kappa shape index (κ2) is 9.43. The van der Waals surface area contributed by atoms with Gasteiger partial charge in [-0.1, -0.05) is 15.9 Å². The van der Waals surface area contributed by atoms with Gasteiger partial charge in [0.15, 0.2) is 13.2 Å². The van der Waals surface area contributed by atoms with Crippen LogP contribution in [0, 0.1) is 0 Å². The zero-order chi connectivity index (χ0) is 18.1. The molecule has 2 rings (SSSR count). The van der Waals surface area contributed by atoms with Crippen LogP contribution in [-0.4, -0.2) is 31.2 Å². The number of benzene rings is 2. The van der Waals surface area contributed by atoms with Gasteiger partial charge in [-0.3, -0.25) is 9.59 Å². The number of ether oxygens (including phenoxy) is 2. The van der Waals surface area contributed by atoms with Crippen LogP contribution in [0.1, 0.15) is 5.56 Å². The van der Waals surface area contributed by atoms with E-state index in [4.69, 9.17) is 15.2 Å². The molecule has 0 aliphatic heterocycles. The number of primary amides is 1. The van der Waals surface area contributed by atoms with E-state index in [1.165, 1.54) is 6.21 Å². The molecule has 0 aromatic heterocycles. The molecule has 3 N–H and O–H groups in total. The van der Waals surface area contributed by atoms with Gasteiger partial charge in [-0.05, 0) is 54.1 Å². The first-order valence-corrected chi connectivity index (χ1v) is 8.03. The average molecular weight is 406 g/mol. The summed E-state index contributed by atoms with van der Waals surface area (Å²) >= 11 is 3.32. The van der Waals surface area contributed by atoms with E-state index in [9.17, 15) is 9.59 Å². The van der Waals surface area contributed by atoms with Gasteiger partial charge in [-0.2, -0.15) is 5.10 Å². The SMILES string of the molecule is NC(=O)COc1ccc(C=NNC(=O)COc2ccc(Br)cc2)cc1. The van der Waals surface area contributed by atoms with E-state index < -0.39 is 5.91 Å². The van der Waals surface area contributed by atoms with Crippen molar-refractivity contribution in [2.45, 2.75) is 0 Å². The Labute approximate surface area is 152 Å². The molecule has 2 amide bonds. The fourth-order valence-electron chi connectivity index (χ4n) is 1.70. The Morgan fingerprint density at radius 3 is 2.16 bits per heavy atom. The van der Waals surface area contributed by atoms with Crippen LogP contribution < -0.4 is 20.6 Å². The Bertz CT molecular complexity index is 745. The molecule has 25 heavy (non-hydrogen) atoms. The lowest BCUT2D eigenvalue weighted by Gasteiger charge is -2.05. The first-order valence-electron chi connectivity index (χ1n) is 7.24. The molecule has 0 fully saturated rings. The van der Waals surface area contributed by atoms with Gasteiger partial charge in [-0.25, -0.2) is 5.43 Å². The molecule has 0 atom stereocenters. The van der Waals surface area contributed by atoms with E-state index in [0.29, 0.717) is 11.5 Å². The summed E-state index contributed by atoms with van der Waals surface area (Å²) in [5, 5.41) is 3.84. The number of nitrogens with two attached hydrogens (primary N) is 1. The number of carbonyl (C=O) groups is 2. The predicted octanol–water partition coefficient (Wildman–Crippen LogP) is 1.84. The van der Waals surface area contributed by atoms with Gasteiger partial charge >= 0.3 is 0 Å². The topological polar surface area (TPSA) is 103 Å². The normalized spacial score (nSPS) is 10.4. The molecule has 0 bridgehead atoms. The van der Waals surface area contributed by atoms with Gasteiger partial charge < -0.3 is 15.2 Å². The summed E-state index contributed by atoms with van der Waals surface area (Å²) < 4.78 is 11.4. The molecule has 0 saturated heterocycles. The van der Waals surface area contributed by atoms with Crippen molar-refractivity contribution in [3.8, 4) is 11.5 Å². The second-order valence-corrected chi connectivity index (χ2v) is 5.78. The third kappa shape index (κ3) is 7.05. The summed E-state index contributed by atoms with van der Waals surface area (Å²) in [7, 11) is 0. The molecular formula is C17H16BrN3O4. The molecule has 8 heteroatoms. The van der Waals surface area contributed by atoms with Gasteiger partial charge in [0, 0.05) is 4.47 Å². The van der Waals surface area contributed by atoms with Crippen molar-refractivity contribution in [2.75, 3.05) is 13.2 Å². The van der Waals surface area contributed by atoms with E-state index in [-0.39, 0.29) is 19.1 Å². The lowest BCUT2D eigenvalue weighted by atomic mass is 10.2. The monoisotopic (exact) mass is 405 g/mol. The summed E-state index contributed by atoms with van der Waals surface area (Å²) in [5.74, 6) is 0.191. The summed E-state index contributed by atoms with van der Waals surface area (Å²) in [4.78, 5) is 22.3. The highest BCUT2D eigenvalue weighted by atomic mass is 79.9. The molecule has 7 nitrogen and oxygen atoms in total. The lowest BCUT2D eigenvalue weighted by molar-refractivity contribution is -0.123. The summed E-state index contributed by atoms with van der Waals surface area (Å²) in [6.07, 6.45) is 1.48. The molecule has 0 spiro atoms. The van der Waals surface area contributed by atoms with Crippen LogP contribution in [0.3, 0.4) is 0 Å². The number of rotatable bonds is 8. The van der Waals surface area contributed by atoms with Crippen molar-refractivity contribution < 1.29 is 19.1 Å². The lowest BCUT2D eigenvalue weighted by Crippen LogP contribution is -2.24. The number of hydrogen-bond donors (Lipinski definition) is 2. The molecule has 130 valence electrons. The van der Waals surface area contributed by atoms with Crippen molar-refractivity contribution in [1.82, 2.24) is 5.43 Å². The first kappa shape index (κ1) is 18.5. The Morgan fingerprint density at radius 1 is 1.00 bits per heavy atom. The first-order chi connectivity index (χ1) is 12.0. The number of nitrogens with zero attached hydrogens (tertiary/aromatic N) is 1. The van der Waals surface area contributed by atoms with Crippen LogP contribution in [0.5, 0.6) is 11.5 Å². The van der Waals surface area contributed by atoms with Crippen LogP contribution in [0.25, 0.3) is 0 Å². The van der Waals surface area contributed by atoms with Crippen molar-refractivity contribution in [2.24, 2.45) is 10.8 Å². The minimum Gasteiger partial charge on any atom is -0.484 e. The quantitative estimate of drug-likeness (QED) is 0.516. The van der Waals surface area contributed by atoms with Gasteiger partial charge in [0.05, 0.1) is 6.21 Å². The minimum atomic E-state index is -0.543. The molecule has 2 aromatic rings. The van der Waals surface area contributed by atoms with Crippen LogP contribution in [-0.2, 0) is 9.59 Å². The number of nitrogens with one attached hydrogen (secondary N) is 1. The molecule has 0 saturated carbocycles. The maximum absolute atomic E-state index is 11.7. The van der Waals surface area contributed by atoms with Gasteiger partial charge in [0.1, 0.15) is 11.5 Å². The van der Waals surface area contributed by atoms with E-state index >= 15 is 0 Å². The maximum Gasteiger partial charge on any atom is 0.277 e. The summed E-state index contributed by atoms with van der Waals surface area (Å²) in [5.41, 5.74) is 8.12. The van der Waals surface area contributed by atoms with Crippen molar-refractivity contribution in [3.63, 3.8) is 0 Å². The minimum absolute atomic E-state index is 0.140. The van der Waals surface area contributed by atoms with Crippen LogP contribution >= 0.6 is 15.9 Å². The van der Waals surface area contributed by atoms with Crippen molar-refractivity contribution in [3.05, 3.63) is 58.6 Å². The fraction of sp³-hybridized carbons (Fsp3) is 0.118. The molecule has 0 unspecified atom stereocenters. The summed E-state index contributed by atoms with van der Waals surface area (Å²) in [6.45, 7) is -0.319. The zero-order valence-electron chi connectivity index (χ0n) is 13.1. The van der Waals surface area contributed by atoms with Crippen molar-refractivity contribution >= 4 is 34.0 Å². The van der Waals surface area contributed by atoms with E-state index in [2.05, 4.69) is 26.5 Å². The van der Waals surface area contributed by atoms with Crippen LogP contribution in [0.2, 0.25) is 0 Å². The highest BCUT2D eigenvalue weighted by molar-refractivity contribution is 9.10. The van der Waals surface area contributed by atoms with Gasteiger partial charge in [0.2, 0.25) is 0 Å². The van der Waals surface area contributed by atoms with E-state index in [0.717, 1.165) is 10.0 Å². The molecule has 0 radical (unpaired) electrons. The number of carbonyl (C=O) groups excluding carboxylic acids is 2. The highest BCUT2D eigenvalue weighted by Gasteiger charge is 2.01. The largest absolute Gasteiger partial charge is 0.484 e.